The van der Waals surface area contributed by atoms with Crippen molar-refractivity contribution < 1.29 is 23.7 Å². The molecule has 6 nitrogen and oxygen atoms in total. The molecule has 3 aromatic rings. The van der Waals surface area contributed by atoms with Gasteiger partial charge in [-0.1, -0.05) is 19.1 Å². The van der Waals surface area contributed by atoms with Crippen molar-refractivity contribution in [3.63, 3.8) is 0 Å². The highest BCUT2D eigenvalue weighted by Gasteiger charge is 2.26. The van der Waals surface area contributed by atoms with Gasteiger partial charge in [0.15, 0.2) is 6.79 Å². The second kappa shape index (κ2) is 8.46. The van der Waals surface area contributed by atoms with E-state index >= 15 is 0 Å². The van der Waals surface area contributed by atoms with E-state index in [-0.39, 0.29) is 18.8 Å². The number of carbonyl (C=O) groups excluding carboxylic acids is 1. The van der Waals surface area contributed by atoms with Gasteiger partial charge in [-0.25, -0.2) is 4.79 Å². The summed E-state index contributed by atoms with van der Waals surface area (Å²) in [5.74, 6) is 0.787. The molecule has 160 valence electrons. The Morgan fingerprint density at radius 1 is 1.03 bits per heavy atom. The maximum atomic E-state index is 12.6. The number of fused-ring (bicyclic) bond motifs is 3. The van der Waals surface area contributed by atoms with Gasteiger partial charge in [-0.15, -0.1) is 0 Å². The van der Waals surface area contributed by atoms with Crippen LogP contribution in [0.25, 0.3) is 11.1 Å². The molecular formula is C26H21NO5. The number of nitriles is 1. The van der Waals surface area contributed by atoms with Crippen LogP contribution in [0.3, 0.4) is 0 Å². The number of nitrogens with zero attached hydrogens (tertiary/aromatic N) is 1. The molecule has 0 spiro atoms. The number of carbonyl (C=O) groups is 1. The van der Waals surface area contributed by atoms with Crippen LogP contribution < -0.4 is 9.47 Å². The van der Waals surface area contributed by atoms with Crippen LogP contribution in [0.15, 0.2) is 60.7 Å². The monoisotopic (exact) mass is 427 g/mol. The van der Waals surface area contributed by atoms with Crippen LogP contribution in [-0.2, 0) is 9.47 Å². The summed E-state index contributed by atoms with van der Waals surface area (Å²) in [5.41, 5.74) is 5.50. The first-order chi connectivity index (χ1) is 15.6. The van der Waals surface area contributed by atoms with Crippen LogP contribution in [0.1, 0.15) is 39.9 Å². The predicted octanol–water partition coefficient (Wildman–Crippen LogP) is 4.66. The highest BCUT2D eigenvalue weighted by Crippen LogP contribution is 2.46. The zero-order valence-electron chi connectivity index (χ0n) is 17.5. The molecule has 1 aliphatic heterocycles. The molecule has 5 rings (SSSR count). The molecule has 2 aliphatic rings. The van der Waals surface area contributed by atoms with Gasteiger partial charge < -0.3 is 18.9 Å². The zero-order valence-corrected chi connectivity index (χ0v) is 17.5. The van der Waals surface area contributed by atoms with Crippen LogP contribution >= 0.6 is 0 Å². The Bertz CT molecular complexity index is 1210. The summed E-state index contributed by atoms with van der Waals surface area (Å²) in [6.45, 7) is 3.50. The Labute approximate surface area is 185 Å². The fraction of sp³-hybridized carbons (Fsp3) is 0.231. The predicted molar refractivity (Wildman–Crippen MR) is 117 cm³/mol. The van der Waals surface area contributed by atoms with Crippen molar-refractivity contribution in [1.29, 1.82) is 5.26 Å². The third-order valence-electron chi connectivity index (χ3n) is 5.74. The van der Waals surface area contributed by atoms with Gasteiger partial charge in [0.05, 0.1) is 30.4 Å². The first-order valence-corrected chi connectivity index (χ1v) is 10.4. The second-order valence-electron chi connectivity index (χ2n) is 7.89. The zero-order chi connectivity index (χ0) is 22.1. The van der Waals surface area contributed by atoms with Crippen molar-refractivity contribution in [3.8, 4) is 28.7 Å². The van der Waals surface area contributed by atoms with E-state index in [1.807, 2.05) is 30.3 Å². The molecule has 0 radical (unpaired) electrons. The fourth-order valence-electron chi connectivity index (χ4n) is 3.92. The Balaban J connectivity index is 1.24. The van der Waals surface area contributed by atoms with Gasteiger partial charge in [-0.2, -0.15) is 5.26 Å². The highest BCUT2D eigenvalue weighted by molar-refractivity contribution is 5.91. The lowest BCUT2D eigenvalue weighted by atomic mass is 9.98. The van der Waals surface area contributed by atoms with Crippen molar-refractivity contribution in [1.82, 2.24) is 0 Å². The molecule has 6 heteroatoms. The Morgan fingerprint density at radius 2 is 1.72 bits per heavy atom. The van der Waals surface area contributed by atoms with Crippen LogP contribution in [0.5, 0.6) is 11.5 Å². The number of benzene rings is 3. The molecule has 0 amide bonds. The van der Waals surface area contributed by atoms with Gasteiger partial charge in [0, 0.05) is 5.92 Å². The molecule has 1 heterocycles. The molecule has 2 unspecified atom stereocenters. The van der Waals surface area contributed by atoms with E-state index in [0.29, 0.717) is 29.2 Å². The quantitative estimate of drug-likeness (QED) is 0.179. The molecular weight excluding hydrogens is 406 g/mol. The first-order valence-electron chi connectivity index (χ1n) is 10.4. The van der Waals surface area contributed by atoms with Gasteiger partial charge in [0.25, 0.3) is 0 Å². The summed E-state index contributed by atoms with van der Waals surface area (Å²) in [4.78, 5) is 12.6. The normalized spacial score (nSPS) is 17.8. The summed E-state index contributed by atoms with van der Waals surface area (Å²) in [7, 11) is 0. The lowest BCUT2D eigenvalue weighted by Crippen LogP contribution is -2.10. The molecule has 1 fully saturated rings. The molecule has 32 heavy (non-hydrogen) atoms. The van der Waals surface area contributed by atoms with Crippen molar-refractivity contribution in [2.24, 2.45) is 0 Å². The maximum Gasteiger partial charge on any atom is 0.343 e. The van der Waals surface area contributed by atoms with E-state index in [9.17, 15) is 10.1 Å². The average molecular weight is 427 g/mol. The smallest absolute Gasteiger partial charge is 0.343 e. The van der Waals surface area contributed by atoms with Gasteiger partial charge in [-0.3, -0.25) is 0 Å². The lowest BCUT2D eigenvalue weighted by Gasteiger charge is -2.10. The van der Waals surface area contributed by atoms with Crippen LogP contribution in [0.2, 0.25) is 0 Å². The van der Waals surface area contributed by atoms with Crippen LogP contribution in [0, 0.1) is 11.3 Å². The Morgan fingerprint density at radius 3 is 2.44 bits per heavy atom. The van der Waals surface area contributed by atoms with Crippen molar-refractivity contribution in [3.05, 3.63) is 82.9 Å². The SMILES string of the molecule is CC1c2cc(C#N)ccc2-c2ccc(OC(=O)c3ccc(OCOCC4CO4)cc3)cc21. The number of ether oxygens (including phenoxy) is 4. The van der Waals surface area contributed by atoms with Gasteiger partial charge >= 0.3 is 5.97 Å². The summed E-state index contributed by atoms with van der Waals surface area (Å²) in [6, 6.07) is 20.4. The summed E-state index contributed by atoms with van der Waals surface area (Å²) in [5, 5.41) is 9.19. The number of hydrogen-bond acceptors (Lipinski definition) is 6. The van der Waals surface area contributed by atoms with E-state index in [1.165, 1.54) is 0 Å². The Hall–Kier alpha value is -3.66. The fourth-order valence-corrected chi connectivity index (χ4v) is 3.92. The molecule has 2 atom stereocenters. The summed E-state index contributed by atoms with van der Waals surface area (Å²) in [6.07, 6.45) is 0.196. The average Bonchev–Trinajstić information content (AvgIpc) is 3.61. The third kappa shape index (κ3) is 4.09. The number of esters is 1. The first kappa shape index (κ1) is 20.3. The maximum absolute atomic E-state index is 12.6. The Kier molecular flexibility index (Phi) is 5.36. The standard InChI is InChI=1S/C26H21NO5/c1-16-24-10-17(12-27)2-8-22(24)23-9-7-20(11-25(16)23)32-26(28)18-3-5-19(6-4-18)31-15-29-13-21-14-30-21/h2-11,16,21H,13-15H2,1H3. The van der Waals surface area contributed by atoms with Gasteiger partial charge in [-0.05, 0) is 70.8 Å². The van der Waals surface area contributed by atoms with Gasteiger partial charge in [0.2, 0.25) is 0 Å². The molecule has 1 aliphatic carbocycles. The molecule has 0 N–H and O–H groups in total. The summed E-state index contributed by atoms with van der Waals surface area (Å²) < 4.78 is 21.5. The molecule has 0 aromatic heterocycles. The number of rotatable bonds is 7. The third-order valence-corrected chi connectivity index (χ3v) is 5.74. The van der Waals surface area contributed by atoms with E-state index in [1.54, 1.807) is 30.3 Å². The topological polar surface area (TPSA) is 81.1 Å². The molecule has 3 aromatic carbocycles. The molecule has 0 bridgehead atoms. The van der Waals surface area contributed by atoms with Crippen LogP contribution in [-0.4, -0.2) is 32.1 Å². The van der Waals surface area contributed by atoms with E-state index in [4.69, 9.17) is 18.9 Å². The van der Waals surface area contributed by atoms with Crippen molar-refractivity contribution in [2.75, 3.05) is 20.0 Å². The number of hydrogen-bond donors (Lipinski definition) is 0. The van der Waals surface area contributed by atoms with E-state index in [0.717, 1.165) is 28.9 Å². The molecule has 1 saturated heterocycles. The van der Waals surface area contributed by atoms with Crippen molar-refractivity contribution in [2.45, 2.75) is 18.9 Å². The van der Waals surface area contributed by atoms with E-state index < -0.39 is 5.97 Å². The van der Waals surface area contributed by atoms with E-state index in [2.05, 4.69) is 13.0 Å². The van der Waals surface area contributed by atoms with Crippen LogP contribution in [0.4, 0.5) is 0 Å². The minimum atomic E-state index is -0.437. The second-order valence-corrected chi connectivity index (χ2v) is 7.89. The van der Waals surface area contributed by atoms with Gasteiger partial charge in [0.1, 0.15) is 17.6 Å². The summed E-state index contributed by atoms with van der Waals surface area (Å²) >= 11 is 0. The van der Waals surface area contributed by atoms with Crippen molar-refractivity contribution >= 4 is 5.97 Å². The minimum Gasteiger partial charge on any atom is -0.468 e. The highest BCUT2D eigenvalue weighted by atomic mass is 16.7. The lowest BCUT2D eigenvalue weighted by molar-refractivity contribution is 0.00821. The minimum absolute atomic E-state index is 0.122. The number of epoxide rings is 1. The largest absolute Gasteiger partial charge is 0.468 e. The molecule has 0 saturated carbocycles.